The molecule has 0 atom stereocenters. The number of amides is 2. The quantitative estimate of drug-likeness (QED) is 0.313. The van der Waals surface area contributed by atoms with E-state index >= 15 is 0 Å². The third-order valence-corrected chi connectivity index (χ3v) is 6.20. The highest BCUT2D eigenvalue weighted by Gasteiger charge is 2.46. The number of carbonyl (C=O) groups is 2. The van der Waals surface area contributed by atoms with Crippen LogP contribution in [0, 0.1) is 0 Å². The summed E-state index contributed by atoms with van der Waals surface area (Å²) in [6.07, 6.45) is -10.4. The molecular formula is C25H24F6N2O4S. The van der Waals surface area contributed by atoms with Gasteiger partial charge in [-0.05, 0) is 49.8 Å². The first-order valence-electron chi connectivity index (χ1n) is 11.4. The molecule has 0 aromatic heterocycles. The molecule has 2 aromatic rings. The Hall–Kier alpha value is -3.19. The largest absolute Gasteiger partial charge is 0.447 e. The number of alkyl halides is 6. The third kappa shape index (κ3) is 7.90. The van der Waals surface area contributed by atoms with Gasteiger partial charge in [-0.1, -0.05) is 23.9 Å². The van der Waals surface area contributed by atoms with Crippen molar-refractivity contribution in [2.75, 3.05) is 31.6 Å². The Morgan fingerprint density at radius 2 is 1.68 bits per heavy atom. The van der Waals surface area contributed by atoms with Gasteiger partial charge >= 0.3 is 18.4 Å². The van der Waals surface area contributed by atoms with Crippen molar-refractivity contribution >= 4 is 35.5 Å². The molecule has 206 valence electrons. The Balaban J connectivity index is 1.98. The number of benzene rings is 2. The molecule has 1 heterocycles. The van der Waals surface area contributed by atoms with E-state index in [4.69, 9.17) is 9.47 Å². The number of hydrogen-bond acceptors (Lipinski definition) is 5. The number of halogens is 6. The van der Waals surface area contributed by atoms with Crippen molar-refractivity contribution in [1.82, 2.24) is 4.90 Å². The smallest absolute Gasteiger partial charge is 0.418 e. The molecule has 2 aromatic carbocycles. The van der Waals surface area contributed by atoms with E-state index in [1.165, 1.54) is 29.2 Å². The number of hydrogen-bond donors (Lipinski definition) is 1. The summed E-state index contributed by atoms with van der Waals surface area (Å²) in [5, 5.41) is 2.41. The van der Waals surface area contributed by atoms with Crippen LogP contribution in [0.3, 0.4) is 0 Å². The van der Waals surface area contributed by atoms with Crippen LogP contribution in [0.5, 0.6) is 0 Å². The lowest BCUT2D eigenvalue weighted by molar-refractivity contribution is -0.163. The molecular weight excluding hydrogens is 538 g/mol. The molecule has 1 fully saturated rings. The number of morpholine rings is 1. The Morgan fingerprint density at radius 3 is 2.29 bits per heavy atom. The van der Waals surface area contributed by atoms with Gasteiger partial charge in [-0.2, -0.15) is 26.3 Å². The van der Waals surface area contributed by atoms with Crippen LogP contribution in [0.15, 0.2) is 52.3 Å². The van der Waals surface area contributed by atoms with Crippen LogP contribution in [-0.2, 0) is 26.6 Å². The molecule has 0 saturated carbocycles. The number of nitrogens with one attached hydrogen (secondary N) is 1. The second kappa shape index (κ2) is 12.1. The normalized spacial score (nSPS) is 14.7. The predicted octanol–water partition coefficient (Wildman–Crippen LogP) is 6.70. The SMILES string of the molecule is CC(C)OC(=O)Nc1cccc(Sc2ccc(C=CC(=O)N3CCOCC3)c(C(F)(F)F)c2C(F)(F)F)c1. The van der Waals surface area contributed by atoms with Gasteiger partial charge in [0.1, 0.15) is 0 Å². The molecule has 3 rings (SSSR count). The van der Waals surface area contributed by atoms with Crippen LogP contribution in [0.25, 0.3) is 6.08 Å². The summed E-state index contributed by atoms with van der Waals surface area (Å²) in [6, 6.07) is 7.41. The minimum Gasteiger partial charge on any atom is -0.447 e. The van der Waals surface area contributed by atoms with E-state index in [0.29, 0.717) is 11.8 Å². The van der Waals surface area contributed by atoms with E-state index in [9.17, 15) is 35.9 Å². The zero-order chi connectivity index (χ0) is 28.1. The second-order valence-electron chi connectivity index (χ2n) is 8.38. The van der Waals surface area contributed by atoms with Gasteiger partial charge in [0.25, 0.3) is 0 Å². The van der Waals surface area contributed by atoms with E-state index in [2.05, 4.69) is 5.32 Å². The maximum absolute atomic E-state index is 14.1. The predicted molar refractivity (Wildman–Crippen MR) is 129 cm³/mol. The van der Waals surface area contributed by atoms with E-state index in [1.54, 1.807) is 13.8 Å². The van der Waals surface area contributed by atoms with E-state index < -0.39 is 52.0 Å². The first kappa shape index (κ1) is 29.4. The van der Waals surface area contributed by atoms with Crippen LogP contribution >= 0.6 is 11.8 Å². The highest BCUT2D eigenvalue weighted by molar-refractivity contribution is 7.99. The van der Waals surface area contributed by atoms with Crippen molar-refractivity contribution in [3.05, 3.63) is 59.2 Å². The fraction of sp³-hybridized carbons (Fsp3) is 0.360. The summed E-state index contributed by atoms with van der Waals surface area (Å²) >= 11 is 0.457. The lowest BCUT2D eigenvalue weighted by Gasteiger charge is -2.25. The number of nitrogens with zero attached hydrogens (tertiary/aromatic N) is 1. The highest BCUT2D eigenvalue weighted by atomic mass is 32.2. The third-order valence-electron chi connectivity index (χ3n) is 5.15. The Labute approximate surface area is 219 Å². The fourth-order valence-corrected chi connectivity index (χ4v) is 4.63. The van der Waals surface area contributed by atoms with Crippen molar-refractivity contribution in [3.8, 4) is 0 Å². The minimum absolute atomic E-state index is 0.150. The molecule has 1 N–H and O–H groups in total. The summed E-state index contributed by atoms with van der Waals surface area (Å²) in [6.45, 7) is 4.21. The second-order valence-corrected chi connectivity index (χ2v) is 9.49. The van der Waals surface area contributed by atoms with Gasteiger partial charge in [-0.25, -0.2) is 4.79 Å². The van der Waals surface area contributed by atoms with Crippen LogP contribution in [-0.4, -0.2) is 49.3 Å². The number of carbonyl (C=O) groups excluding carboxylic acids is 2. The summed E-state index contributed by atoms with van der Waals surface area (Å²) in [5.74, 6) is -0.631. The molecule has 1 aliphatic heterocycles. The Kier molecular flexibility index (Phi) is 9.36. The first-order chi connectivity index (χ1) is 17.8. The molecule has 38 heavy (non-hydrogen) atoms. The number of anilines is 1. The number of ether oxygens (including phenoxy) is 2. The molecule has 0 bridgehead atoms. The zero-order valence-corrected chi connectivity index (χ0v) is 21.1. The van der Waals surface area contributed by atoms with Crippen LogP contribution in [0.4, 0.5) is 36.8 Å². The van der Waals surface area contributed by atoms with E-state index in [1.807, 2.05) is 0 Å². The standard InChI is InChI=1S/C25H24F6N2O4S/c1-15(2)37-23(35)32-17-4-3-5-18(14-17)38-19-8-6-16(7-9-20(34)33-10-12-36-13-11-33)21(24(26,27)28)22(19)25(29,30)31/h3-9,14-15H,10-13H2,1-2H3,(H,32,35). The summed E-state index contributed by atoms with van der Waals surface area (Å²) < 4.78 is 94.4. The lowest BCUT2D eigenvalue weighted by atomic mass is 9.99. The van der Waals surface area contributed by atoms with Gasteiger partial charge in [-0.15, -0.1) is 0 Å². The van der Waals surface area contributed by atoms with Crippen molar-refractivity contribution in [2.45, 2.75) is 42.1 Å². The fourth-order valence-electron chi connectivity index (χ4n) is 3.59. The summed E-state index contributed by atoms with van der Waals surface area (Å²) in [4.78, 5) is 24.9. The minimum atomic E-state index is -5.37. The molecule has 0 aliphatic carbocycles. The monoisotopic (exact) mass is 562 g/mol. The topological polar surface area (TPSA) is 67.9 Å². The highest BCUT2D eigenvalue weighted by Crippen LogP contribution is 2.48. The molecule has 0 radical (unpaired) electrons. The van der Waals surface area contributed by atoms with E-state index in [-0.39, 0.29) is 36.9 Å². The van der Waals surface area contributed by atoms with Crippen molar-refractivity contribution < 1.29 is 45.4 Å². The molecule has 0 unspecified atom stereocenters. The molecule has 6 nitrogen and oxygen atoms in total. The molecule has 1 saturated heterocycles. The average Bonchev–Trinajstić information content (AvgIpc) is 2.81. The van der Waals surface area contributed by atoms with E-state index in [0.717, 1.165) is 24.3 Å². The maximum Gasteiger partial charge on any atom is 0.418 e. The molecule has 2 amide bonds. The van der Waals surface area contributed by atoms with Crippen LogP contribution in [0.2, 0.25) is 0 Å². The number of rotatable bonds is 6. The van der Waals surface area contributed by atoms with Crippen LogP contribution < -0.4 is 5.32 Å². The van der Waals surface area contributed by atoms with Gasteiger partial charge in [0.15, 0.2) is 0 Å². The molecule has 0 spiro atoms. The molecule has 13 heteroatoms. The van der Waals surface area contributed by atoms with Gasteiger partial charge in [0, 0.05) is 34.6 Å². The van der Waals surface area contributed by atoms with Gasteiger partial charge < -0.3 is 14.4 Å². The van der Waals surface area contributed by atoms with Crippen molar-refractivity contribution in [3.63, 3.8) is 0 Å². The van der Waals surface area contributed by atoms with Crippen LogP contribution in [0.1, 0.15) is 30.5 Å². The van der Waals surface area contributed by atoms with Crippen molar-refractivity contribution in [2.24, 2.45) is 0 Å². The molecule has 1 aliphatic rings. The van der Waals surface area contributed by atoms with Crippen molar-refractivity contribution in [1.29, 1.82) is 0 Å². The van der Waals surface area contributed by atoms with Gasteiger partial charge in [0.2, 0.25) is 5.91 Å². The zero-order valence-electron chi connectivity index (χ0n) is 20.3. The first-order valence-corrected chi connectivity index (χ1v) is 12.2. The Morgan fingerprint density at radius 1 is 1.03 bits per heavy atom. The van der Waals surface area contributed by atoms with Gasteiger partial charge in [-0.3, -0.25) is 10.1 Å². The summed E-state index contributed by atoms with van der Waals surface area (Å²) in [7, 11) is 0. The lowest BCUT2D eigenvalue weighted by Crippen LogP contribution is -2.39. The Bertz CT molecular complexity index is 1190. The maximum atomic E-state index is 14.1. The average molecular weight is 563 g/mol. The summed E-state index contributed by atoms with van der Waals surface area (Å²) in [5.41, 5.74) is -4.36. The van der Waals surface area contributed by atoms with Gasteiger partial charge in [0.05, 0.1) is 30.4 Å².